The summed E-state index contributed by atoms with van der Waals surface area (Å²) >= 11 is 8.50. The normalized spacial score (nSPS) is 12.1. The Morgan fingerprint density at radius 1 is 1.33 bits per heavy atom. The quantitative estimate of drug-likeness (QED) is 0.755. The van der Waals surface area contributed by atoms with Crippen LogP contribution in [0.5, 0.6) is 0 Å². The van der Waals surface area contributed by atoms with E-state index in [2.05, 4.69) is 57.6 Å². The summed E-state index contributed by atoms with van der Waals surface area (Å²) in [4.78, 5) is 4.38. The summed E-state index contributed by atoms with van der Waals surface area (Å²) in [6.45, 7) is 6.64. The minimum Gasteiger partial charge on any atom is -0.233 e. The van der Waals surface area contributed by atoms with Gasteiger partial charge in [0.25, 0.3) is 0 Å². The maximum Gasteiger partial charge on any atom is 0.160 e. The molecule has 0 saturated heterocycles. The predicted molar refractivity (Wildman–Crippen MR) is 60.7 cm³/mol. The van der Waals surface area contributed by atoms with E-state index in [0.717, 1.165) is 19.8 Å². The Labute approximate surface area is 93.9 Å². The second-order valence-corrected chi connectivity index (χ2v) is 7.52. The molecule has 1 rings (SSSR count). The third kappa shape index (κ3) is 3.15. The maximum absolute atomic E-state index is 4.38. The number of nitrogens with zero attached hydrogens (tertiary/aromatic N) is 1. The van der Waals surface area contributed by atoms with Gasteiger partial charge in [-0.1, -0.05) is 32.1 Å². The lowest BCUT2D eigenvalue weighted by Gasteiger charge is -2.16. The molecule has 0 atom stereocenters. The van der Waals surface area contributed by atoms with Crippen LogP contribution < -0.4 is 0 Å². The Hall–Kier alpha value is 0.590. The second-order valence-electron chi connectivity index (χ2n) is 3.92. The van der Waals surface area contributed by atoms with Crippen LogP contribution in [0.25, 0.3) is 0 Å². The van der Waals surface area contributed by atoms with Crippen molar-refractivity contribution in [1.82, 2.24) is 4.98 Å². The first-order chi connectivity index (χ1) is 5.38. The fraction of sp³-hybridized carbons (Fsp3) is 0.625. The highest BCUT2D eigenvalue weighted by molar-refractivity contribution is 9.12. The molecule has 0 aliphatic rings. The molecule has 0 fully saturated rings. The number of aromatic nitrogens is 1. The smallest absolute Gasteiger partial charge is 0.160 e. The Morgan fingerprint density at radius 2 is 1.92 bits per heavy atom. The molecule has 1 nitrogen and oxygen atoms in total. The van der Waals surface area contributed by atoms with Gasteiger partial charge in [0.1, 0.15) is 0 Å². The molecule has 12 heavy (non-hydrogen) atoms. The molecule has 4 heteroatoms. The Kier molecular flexibility index (Phi) is 3.34. The highest BCUT2D eigenvalue weighted by Crippen LogP contribution is 2.32. The molecular formula is C8H11Br2NS. The van der Waals surface area contributed by atoms with E-state index < -0.39 is 0 Å². The second kappa shape index (κ2) is 3.76. The van der Waals surface area contributed by atoms with Gasteiger partial charge in [-0.2, -0.15) is 0 Å². The van der Waals surface area contributed by atoms with Crippen LogP contribution in [0.2, 0.25) is 0 Å². The SMILES string of the molecule is CC(C)(C)Cc1nc(Br)sc1Br. The van der Waals surface area contributed by atoms with Gasteiger partial charge in [0.15, 0.2) is 3.92 Å². The molecule has 0 saturated carbocycles. The molecule has 0 amide bonds. The predicted octanol–water partition coefficient (Wildman–Crippen LogP) is 4.26. The molecule has 0 unspecified atom stereocenters. The third-order valence-corrected chi connectivity index (χ3v) is 3.60. The molecule has 0 spiro atoms. The van der Waals surface area contributed by atoms with Gasteiger partial charge in [0.05, 0.1) is 9.48 Å². The first-order valence-electron chi connectivity index (χ1n) is 3.69. The van der Waals surface area contributed by atoms with Crippen LogP contribution in [0, 0.1) is 5.41 Å². The van der Waals surface area contributed by atoms with Crippen molar-refractivity contribution in [2.24, 2.45) is 5.41 Å². The molecule has 1 aromatic rings. The van der Waals surface area contributed by atoms with Gasteiger partial charge >= 0.3 is 0 Å². The average molecular weight is 313 g/mol. The first kappa shape index (κ1) is 10.7. The van der Waals surface area contributed by atoms with E-state index in [1.807, 2.05) is 0 Å². The number of halogens is 2. The summed E-state index contributed by atoms with van der Waals surface area (Å²) in [6.07, 6.45) is 1.01. The van der Waals surface area contributed by atoms with E-state index in [0.29, 0.717) is 5.41 Å². The zero-order valence-electron chi connectivity index (χ0n) is 7.32. The zero-order chi connectivity index (χ0) is 9.35. The van der Waals surface area contributed by atoms with E-state index in [9.17, 15) is 0 Å². The number of hydrogen-bond donors (Lipinski definition) is 0. The van der Waals surface area contributed by atoms with E-state index in [1.165, 1.54) is 0 Å². The van der Waals surface area contributed by atoms with Crippen LogP contribution in [-0.4, -0.2) is 4.98 Å². The van der Waals surface area contributed by atoms with Crippen molar-refractivity contribution in [2.75, 3.05) is 0 Å². The Morgan fingerprint density at radius 3 is 2.25 bits per heavy atom. The largest absolute Gasteiger partial charge is 0.233 e. The van der Waals surface area contributed by atoms with Crippen LogP contribution in [0.3, 0.4) is 0 Å². The van der Waals surface area contributed by atoms with E-state index in [1.54, 1.807) is 11.3 Å². The minimum absolute atomic E-state index is 0.302. The monoisotopic (exact) mass is 311 g/mol. The standard InChI is InChI=1S/C8H11Br2NS/c1-8(2,3)4-5-6(9)12-7(10)11-5/h4H2,1-3H3. The third-order valence-electron chi connectivity index (χ3n) is 1.32. The van der Waals surface area contributed by atoms with Crippen molar-refractivity contribution in [2.45, 2.75) is 27.2 Å². The van der Waals surface area contributed by atoms with Crippen molar-refractivity contribution in [3.05, 3.63) is 13.4 Å². The molecule has 0 N–H and O–H groups in total. The summed E-state index contributed by atoms with van der Waals surface area (Å²) in [5.74, 6) is 0. The van der Waals surface area contributed by atoms with Gasteiger partial charge in [0.2, 0.25) is 0 Å². The van der Waals surface area contributed by atoms with Crippen molar-refractivity contribution in [1.29, 1.82) is 0 Å². The van der Waals surface area contributed by atoms with E-state index >= 15 is 0 Å². The summed E-state index contributed by atoms with van der Waals surface area (Å²) in [6, 6.07) is 0. The highest BCUT2D eigenvalue weighted by atomic mass is 79.9. The molecule has 0 aromatic carbocycles. The van der Waals surface area contributed by atoms with E-state index in [4.69, 9.17) is 0 Å². The molecule has 0 bridgehead atoms. The summed E-state index contributed by atoms with van der Waals surface area (Å²) in [5, 5.41) is 0. The number of rotatable bonds is 1. The molecule has 0 aliphatic carbocycles. The van der Waals surface area contributed by atoms with Gasteiger partial charge in [-0.05, 0) is 43.7 Å². The van der Waals surface area contributed by atoms with Gasteiger partial charge < -0.3 is 0 Å². The fourth-order valence-electron chi connectivity index (χ4n) is 0.917. The molecule has 1 aromatic heterocycles. The topological polar surface area (TPSA) is 12.9 Å². The Balaban J connectivity index is 2.82. The first-order valence-corrected chi connectivity index (χ1v) is 6.09. The summed E-state index contributed by atoms with van der Waals surface area (Å²) in [5.41, 5.74) is 1.45. The summed E-state index contributed by atoms with van der Waals surface area (Å²) in [7, 11) is 0. The molecule has 68 valence electrons. The zero-order valence-corrected chi connectivity index (χ0v) is 11.3. The van der Waals surface area contributed by atoms with Gasteiger partial charge in [-0.3, -0.25) is 0 Å². The molecule has 0 aliphatic heterocycles. The maximum atomic E-state index is 4.38. The molecular weight excluding hydrogens is 302 g/mol. The van der Waals surface area contributed by atoms with Crippen LogP contribution in [0.15, 0.2) is 7.70 Å². The van der Waals surface area contributed by atoms with E-state index in [-0.39, 0.29) is 0 Å². The lowest BCUT2D eigenvalue weighted by atomic mass is 9.91. The van der Waals surface area contributed by atoms with Crippen molar-refractivity contribution in [3.63, 3.8) is 0 Å². The number of thiazole rings is 1. The lowest BCUT2D eigenvalue weighted by molar-refractivity contribution is 0.406. The summed E-state index contributed by atoms with van der Waals surface area (Å²) < 4.78 is 2.10. The Bertz CT molecular complexity index is 275. The van der Waals surface area contributed by atoms with Gasteiger partial charge in [-0.25, -0.2) is 4.98 Å². The lowest BCUT2D eigenvalue weighted by Crippen LogP contribution is -2.09. The van der Waals surface area contributed by atoms with Crippen molar-refractivity contribution >= 4 is 43.2 Å². The molecule has 1 heterocycles. The average Bonchev–Trinajstić information content (AvgIpc) is 2.06. The highest BCUT2D eigenvalue weighted by Gasteiger charge is 2.16. The van der Waals surface area contributed by atoms with Crippen LogP contribution >= 0.6 is 43.2 Å². The van der Waals surface area contributed by atoms with Crippen LogP contribution in [0.4, 0.5) is 0 Å². The minimum atomic E-state index is 0.302. The van der Waals surface area contributed by atoms with Gasteiger partial charge in [0, 0.05) is 0 Å². The van der Waals surface area contributed by atoms with Crippen molar-refractivity contribution in [3.8, 4) is 0 Å². The van der Waals surface area contributed by atoms with Gasteiger partial charge in [-0.15, -0.1) is 0 Å². The number of hydrogen-bond acceptors (Lipinski definition) is 2. The van der Waals surface area contributed by atoms with Crippen LogP contribution in [-0.2, 0) is 6.42 Å². The van der Waals surface area contributed by atoms with Crippen molar-refractivity contribution < 1.29 is 0 Å². The van der Waals surface area contributed by atoms with Crippen LogP contribution in [0.1, 0.15) is 26.5 Å². The molecule has 0 radical (unpaired) electrons. The fourth-order valence-corrected chi connectivity index (χ4v) is 3.50.